The zero-order valence-corrected chi connectivity index (χ0v) is 11.1. The lowest BCUT2D eigenvalue weighted by molar-refractivity contribution is 0.375. The van der Waals surface area contributed by atoms with Crippen LogP contribution < -0.4 is 5.32 Å². The van der Waals surface area contributed by atoms with Gasteiger partial charge in [-0.15, -0.1) is 0 Å². The smallest absolute Gasteiger partial charge is 0.125 e. The molecule has 0 atom stereocenters. The quantitative estimate of drug-likeness (QED) is 0.887. The van der Waals surface area contributed by atoms with Crippen molar-refractivity contribution in [2.24, 2.45) is 0 Å². The third kappa shape index (κ3) is 3.13. The molecule has 3 nitrogen and oxygen atoms in total. The fourth-order valence-corrected chi connectivity index (χ4v) is 2.85. The lowest BCUT2D eigenvalue weighted by Crippen LogP contribution is -2.32. The maximum Gasteiger partial charge on any atom is 0.125 e. The second-order valence-electron chi connectivity index (χ2n) is 5.38. The van der Waals surface area contributed by atoms with Crippen LogP contribution in [-0.2, 0) is 6.42 Å². The van der Waals surface area contributed by atoms with Gasteiger partial charge in [-0.05, 0) is 31.0 Å². The highest BCUT2D eigenvalue weighted by Gasteiger charge is 2.12. The van der Waals surface area contributed by atoms with Crippen LogP contribution in [0.2, 0.25) is 0 Å². The molecule has 0 unspecified atom stereocenters. The van der Waals surface area contributed by atoms with Crippen LogP contribution in [0.15, 0.2) is 18.2 Å². The van der Waals surface area contributed by atoms with E-state index >= 15 is 0 Å². The molecule has 1 aromatic carbocycles. The topological polar surface area (TPSA) is 40.7 Å². The Morgan fingerprint density at radius 2 is 2.11 bits per heavy atom. The number of aromatic nitrogens is 2. The minimum atomic E-state index is -0.219. The average molecular weight is 261 g/mol. The molecule has 1 aromatic heterocycles. The molecule has 1 aliphatic carbocycles. The molecule has 102 valence electrons. The van der Waals surface area contributed by atoms with Gasteiger partial charge in [-0.2, -0.15) is 0 Å². The molecule has 2 aromatic rings. The molecule has 1 fully saturated rings. The Morgan fingerprint density at radius 1 is 1.26 bits per heavy atom. The normalized spacial score (nSPS) is 17.1. The number of aromatic amines is 1. The van der Waals surface area contributed by atoms with Crippen LogP contribution in [0.3, 0.4) is 0 Å². The Bertz CT molecular complexity index is 543. The maximum atomic E-state index is 13.1. The second kappa shape index (κ2) is 5.70. The molecule has 0 bridgehead atoms. The van der Waals surface area contributed by atoms with E-state index in [2.05, 4.69) is 15.3 Å². The van der Waals surface area contributed by atoms with Gasteiger partial charge in [-0.1, -0.05) is 19.3 Å². The molecule has 0 spiro atoms. The van der Waals surface area contributed by atoms with Gasteiger partial charge in [0.05, 0.1) is 11.0 Å². The lowest BCUT2D eigenvalue weighted by Gasteiger charge is -2.22. The second-order valence-corrected chi connectivity index (χ2v) is 5.38. The number of hydrogen-bond acceptors (Lipinski definition) is 2. The first kappa shape index (κ1) is 12.6. The summed E-state index contributed by atoms with van der Waals surface area (Å²) >= 11 is 0. The van der Waals surface area contributed by atoms with Crippen molar-refractivity contribution in [1.29, 1.82) is 0 Å². The van der Waals surface area contributed by atoms with Gasteiger partial charge in [-0.25, -0.2) is 9.37 Å². The molecule has 0 radical (unpaired) electrons. The van der Waals surface area contributed by atoms with Gasteiger partial charge in [0.15, 0.2) is 0 Å². The number of nitrogens with zero attached hydrogens (tertiary/aromatic N) is 1. The lowest BCUT2D eigenvalue weighted by atomic mass is 9.95. The first-order valence-corrected chi connectivity index (χ1v) is 7.19. The van der Waals surface area contributed by atoms with Crippen molar-refractivity contribution < 1.29 is 4.39 Å². The van der Waals surface area contributed by atoms with Crippen molar-refractivity contribution in [2.75, 3.05) is 6.54 Å². The van der Waals surface area contributed by atoms with Crippen molar-refractivity contribution in [1.82, 2.24) is 15.3 Å². The zero-order chi connectivity index (χ0) is 13.1. The minimum Gasteiger partial charge on any atom is -0.342 e. The number of fused-ring (bicyclic) bond motifs is 1. The Kier molecular flexibility index (Phi) is 3.78. The van der Waals surface area contributed by atoms with E-state index < -0.39 is 0 Å². The Morgan fingerprint density at radius 3 is 2.95 bits per heavy atom. The molecule has 19 heavy (non-hydrogen) atoms. The molecule has 0 amide bonds. The van der Waals surface area contributed by atoms with E-state index in [1.165, 1.54) is 44.2 Å². The predicted octanol–water partition coefficient (Wildman–Crippen LogP) is 3.17. The largest absolute Gasteiger partial charge is 0.342 e. The summed E-state index contributed by atoms with van der Waals surface area (Å²) in [5.41, 5.74) is 1.63. The van der Waals surface area contributed by atoms with E-state index in [-0.39, 0.29) is 5.82 Å². The summed E-state index contributed by atoms with van der Waals surface area (Å²) in [5.74, 6) is 0.715. The SMILES string of the molecule is Fc1ccc2nc(CCNC3CCCCC3)[nH]c2c1. The first-order chi connectivity index (χ1) is 9.31. The van der Waals surface area contributed by atoms with Gasteiger partial charge < -0.3 is 10.3 Å². The third-order valence-electron chi connectivity index (χ3n) is 3.89. The number of halogens is 1. The fraction of sp³-hybridized carbons (Fsp3) is 0.533. The zero-order valence-electron chi connectivity index (χ0n) is 11.1. The number of nitrogens with one attached hydrogen (secondary N) is 2. The van der Waals surface area contributed by atoms with Gasteiger partial charge in [0, 0.05) is 19.0 Å². The summed E-state index contributed by atoms with van der Waals surface area (Å²) in [7, 11) is 0. The van der Waals surface area contributed by atoms with Crippen LogP contribution in [0.25, 0.3) is 11.0 Å². The maximum absolute atomic E-state index is 13.1. The van der Waals surface area contributed by atoms with Gasteiger partial charge in [-0.3, -0.25) is 0 Å². The molecule has 3 rings (SSSR count). The molecule has 0 aliphatic heterocycles. The number of hydrogen-bond donors (Lipinski definition) is 2. The summed E-state index contributed by atoms with van der Waals surface area (Å²) in [6.07, 6.45) is 7.54. The molecule has 0 saturated heterocycles. The standard InChI is InChI=1S/C15H20FN3/c16-11-6-7-13-14(10-11)19-15(18-13)8-9-17-12-4-2-1-3-5-12/h6-7,10,12,17H,1-5,8-9H2,(H,18,19). The van der Waals surface area contributed by atoms with Crippen LogP contribution in [0.1, 0.15) is 37.9 Å². The monoisotopic (exact) mass is 261 g/mol. The first-order valence-electron chi connectivity index (χ1n) is 7.19. The molecule has 1 heterocycles. The van der Waals surface area contributed by atoms with E-state index in [9.17, 15) is 4.39 Å². The summed E-state index contributed by atoms with van der Waals surface area (Å²) in [5, 5.41) is 3.59. The fourth-order valence-electron chi connectivity index (χ4n) is 2.85. The number of H-pyrrole nitrogens is 1. The van der Waals surface area contributed by atoms with Crippen molar-refractivity contribution in [3.63, 3.8) is 0 Å². The Balaban J connectivity index is 1.56. The molecular formula is C15H20FN3. The van der Waals surface area contributed by atoms with Crippen LogP contribution in [-0.4, -0.2) is 22.6 Å². The highest BCUT2D eigenvalue weighted by molar-refractivity contribution is 5.74. The number of rotatable bonds is 4. The summed E-state index contributed by atoms with van der Waals surface area (Å²) in [4.78, 5) is 7.66. The summed E-state index contributed by atoms with van der Waals surface area (Å²) < 4.78 is 13.1. The Labute approximate surface area is 112 Å². The van der Waals surface area contributed by atoms with Crippen molar-refractivity contribution in [3.8, 4) is 0 Å². The predicted molar refractivity (Wildman–Crippen MR) is 74.6 cm³/mol. The van der Waals surface area contributed by atoms with Gasteiger partial charge in [0.25, 0.3) is 0 Å². The van der Waals surface area contributed by atoms with Crippen molar-refractivity contribution in [3.05, 3.63) is 29.8 Å². The molecule has 1 aliphatic rings. The van der Waals surface area contributed by atoms with Crippen LogP contribution >= 0.6 is 0 Å². The van der Waals surface area contributed by atoms with E-state index in [1.54, 1.807) is 6.07 Å². The van der Waals surface area contributed by atoms with Gasteiger partial charge in [0.1, 0.15) is 11.6 Å². The van der Waals surface area contributed by atoms with E-state index in [0.717, 1.165) is 29.8 Å². The van der Waals surface area contributed by atoms with Crippen LogP contribution in [0.4, 0.5) is 4.39 Å². The number of imidazole rings is 1. The number of benzene rings is 1. The molecule has 1 saturated carbocycles. The molecule has 4 heteroatoms. The van der Waals surface area contributed by atoms with Crippen molar-refractivity contribution in [2.45, 2.75) is 44.6 Å². The molecule has 2 N–H and O–H groups in total. The summed E-state index contributed by atoms with van der Waals surface area (Å²) in [6.45, 7) is 0.937. The average Bonchev–Trinajstić information content (AvgIpc) is 2.82. The van der Waals surface area contributed by atoms with Crippen LogP contribution in [0.5, 0.6) is 0 Å². The van der Waals surface area contributed by atoms with Crippen molar-refractivity contribution >= 4 is 11.0 Å². The summed E-state index contributed by atoms with van der Waals surface area (Å²) in [6, 6.07) is 5.35. The van der Waals surface area contributed by atoms with Gasteiger partial charge >= 0.3 is 0 Å². The van der Waals surface area contributed by atoms with E-state index in [1.807, 2.05) is 0 Å². The Hall–Kier alpha value is -1.42. The van der Waals surface area contributed by atoms with E-state index in [4.69, 9.17) is 0 Å². The highest BCUT2D eigenvalue weighted by atomic mass is 19.1. The van der Waals surface area contributed by atoms with E-state index in [0.29, 0.717) is 6.04 Å². The molecular weight excluding hydrogens is 241 g/mol. The van der Waals surface area contributed by atoms with Gasteiger partial charge in [0.2, 0.25) is 0 Å². The third-order valence-corrected chi connectivity index (χ3v) is 3.89. The minimum absolute atomic E-state index is 0.219. The highest BCUT2D eigenvalue weighted by Crippen LogP contribution is 2.17. The van der Waals surface area contributed by atoms with Crippen LogP contribution in [0, 0.1) is 5.82 Å².